The molecule has 0 radical (unpaired) electrons. The number of esters is 2. The molecule has 2 atom stereocenters. The van der Waals surface area contributed by atoms with Crippen molar-refractivity contribution in [2.45, 2.75) is 24.9 Å². The minimum Gasteiger partial charge on any atom is -0.469 e. The van der Waals surface area contributed by atoms with Gasteiger partial charge in [-0.15, -0.1) is 0 Å². The van der Waals surface area contributed by atoms with Crippen molar-refractivity contribution < 1.29 is 37.1 Å². The number of hydrogen-bond acceptors (Lipinski definition) is 10. The van der Waals surface area contributed by atoms with Gasteiger partial charge < -0.3 is 20.1 Å². The van der Waals surface area contributed by atoms with Crippen molar-refractivity contribution in [3.05, 3.63) is 0 Å². The molecule has 2 aliphatic heterocycles. The first-order chi connectivity index (χ1) is 14.7. The minimum absolute atomic E-state index is 0.101. The average Bonchev–Trinajstić information content (AvgIpc) is 2.74. The summed E-state index contributed by atoms with van der Waals surface area (Å²) in [4.78, 5) is 50.7. The second kappa shape index (κ2) is 11.4. The van der Waals surface area contributed by atoms with Crippen LogP contribution in [0.2, 0.25) is 0 Å². The van der Waals surface area contributed by atoms with Crippen molar-refractivity contribution in [2.24, 2.45) is 0 Å². The standard InChI is InChI=1S/C18H30N4O8S/c1-29-15(23)11-13-17(25)19-3-5-21(13)7-9-31(27,28)10-8-22-6-4-20-18(26)14(22)12-16(24)30-2/h13-14H,3-12H2,1-2H3,(H,19,25)(H,20,26). The third kappa shape index (κ3) is 7.43. The number of ether oxygens (including phenoxy) is 2. The highest BCUT2D eigenvalue weighted by Crippen LogP contribution is 2.12. The summed E-state index contributed by atoms with van der Waals surface area (Å²) < 4.78 is 34.5. The molecule has 31 heavy (non-hydrogen) atoms. The van der Waals surface area contributed by atoms with E-state index >= 15 is 0 Å². The second-order valence-electron chi connectivity index (χ2n) is 7.40. The first-order valence-corrected chi connectivity index (χ1v) is 11.9. The van der Waals surface area contributed by atoms with Crippen LogP contribution in [-0.2, 0) is 38.5 Å². The van der Waals surface area contributed by atoms with E-state index in [-0.39, 0.29) is 49.3 Å². The quantitative estimate of drug-likeness (QED) is 0.324. The third-order valence-electron chi connectivity index (χ3n) is 5.44. The number of rotatable bonds is 10. The summed E-state index contributed by atoms with van der Waals surface area (Å²) >= 11 is 0. The van der Waals surface area contributed by atoms with Crippen LogP contribution >= 0.6 is 0 Å². The Hall–Kier alpha value is -2.25. The van der Waals surface area contributed by atoms with Gasteiger partial charge in [0.15, 0.2) is 9.84 Å². The topological polar surface area (TPSA) is 151 Å². The molecule has 0 aliphatic carbocycles. The SMILES string of the molecule is COC(=O)CC1C(=O)NCCN1CCS(=O)(=O)CCN1CCNC(=O)C1CC(=O)OC. The van der Waals surface area contributed by atoms with Gasteiger partial charge in [0.05, 0.1) is 50.7 Å². The second-order valence-corrected chi connectivity index (χ2v) is 9.70. The van der Waals surface area contributed by atoms with Gasteiger partial charge in [0.2, 0.25) is 11.8 Å². The Bertz CT molecular complexity index is 729. The van der Waals surface area contributed by atoms with Gasteiger partial charge in [-0.1, -0.05) is 0 Å². The fourth-order valence-electron chi connectivity index (χ4n) is 3.60. The molecule has 2 aliphatic rings. The smallest absolute Gasteiger partial charge is 0.307 e. The van der Waals surface area contributed by atoms with Crippen LogP contribution in [0.15, 0.2) is 0 Å². The van der Waals surface area contributed by atoms with Crippen LogP contribution < -0.4 is 10.6 Å². The molecule has 2 amide bonds. The molecule has 0 bridgehead atoms. The van der Waals surface area contributed by atoms with Gasteiger partial charge in [0.25, 0.3) is 0 Å². The van der Waals surface area contributed by atoms with E-state index < -0.39 is 33.9 Å². The Kier molecular flexibility index (Phi) is 9.19. The number of nitrogens with zero attached hydrogens (tertiary/aromatic N) is 2. The largest absolute Gasteiger partial charge is 0.469 e. The molecular weight excluding hydrogens is 432 g/mol. The van der Waals surface area contributed by atoms with Crippen LogP contribution in [0.25, 0.3) is 0 Å². The maximum Gasteiger partial charge on any atom is 0.307 e. The van der Waals surface area contributed by atoms with Crippen LogP contribution in [0.1, 0.15) is 12.8 Å². The predicted molar refractivity (Wildman–Crippen MR) is 109 cm³/mol. The first-order valence-electron chi connectivity index (χ1n) is 10.0. The highest BCUT2D eigenvalue weighted by Gasteiger charge is 2.34. The van der Waals surface area contributed by atoms with Gasteiger partial charge in [-0.05, 0) is 0 Å². The molecule has 0 aromatic heterocycles. The summed E-state index contributed by atoms with van der Waals surface area (Å²) in [5.74, 6) is -2.15. The maximum absolute atomic E-state index is 12.6. The van der Waals surface area contributed by atoms with Gasteiger partial charge in [-0.25, -0.2) is 8.42 Å². The number of carbonyl (C=O) groups excluding carboxylic acids is 4. The molecule has 13 heteroatoms. The molecule has 176 valence electrons. The predicted octanol–water partition coefficient (Wildman–Crippen LogP) is -2.87. The van der Waals surface area contributed by atoms with E-state index in [0.29, 0.717) is 26.2 Å². The Morgan fingerprint density at radius 3 is 1.61 bits per heavy atom. The lowest BCUT2D eigenvalue weighted by atomic mass is 10.1. The normalized spacial score (nSPS) is 23.0. The monoisotopic (exact) mass is 462 g/mol. The number of nitrogens with one attached hydrogen (secondary N) is 2. The van der Waals surface area contributed by atoms with Gasteiger partial charge in [-0.2, -0.15) is 0 Å². The number of methoxy groups -OCH3 is 2. The van der Waals surface area contributed by atoms with Gasteiger partial charge in [-0.3, -0.25) is 29.0 Å². The van der Waals surface area contributed by atoms with Crippen molar-refractivity contribution in [3.8, 4) is 0 Å². The number of sulfone groups is 1. The first kappa shape index (κ1) is 25.0. The summed E-state index contributed by atoms with van der Waals surface area (Å²) in [7, 11) is -1.05. The molecule has 2 unspecified atom stereocenters. The number of amides is 2. The lowest BCUT2D eigenvalue weighted by molar-refractivity contribution is -0.146. The zero-order valence-electron chi connectivity index (χ0n) is 17.8. The van der Waals surface area contributed by atoms with Crippen molar-refractivity contribution in [1.29, 1.82) is 0 Å². The van der Waals surface area contributed by atoms with Crippen LogP contribution in [-0.4, -0.2) is 119 Å². The summed E-state index contributed by atoms with van der Waals surface area (Å²) in [5.41, 5.74) is 0. The zero-order chi connectivity index (χ0) is 23.0. The van der Waals surface area contributed by atoms with Gasteiger partial charge >= 0.3 is 11.9 Å². The molecule has 12 nitrogen and oxygen atoms in total. The van der Waals surface area contributed by atoms with Crippen LogP contribution in [0, 0.1) is 0 Å². The molecule has 2 fully saturated rings. The lowest BCUT2D eigenvalue weighted by Gasteiger charge is -2.35. The Labute approximate surface area is 181 Å². The molecule has 2 saturated heterocycles. The Balaban J connectivity index is 1.92. The molecule has 0 spiro atoms. The minimum atomic E-state index is -3.51. The lowest BCUT2D eigenvalue weighted by Crippen LogP contribution is -2.57. The number of carbonyl (C=O) groups is 4. The van der Waals surface area contributed by atoms with Crippen LogP contribution in [0.4, 0.5) is 0 Å². The van der Waals surface area contributed by atoms with Crippen molar-refractivity contribution in [3.63, 3.8) is 0 Å². The Morgan fingerprint density at radius 1 is 0.871 bits per heavy atom. The van der Waals surface area contributed by atoms with E-state index in [1.54, 1.807) is 9.80 Å². The third-order valence-corrected chi connectivity index (χ3v) is 7.05. The summed E-state index contributed by atoms with van der Waals surface area (Å²) in [6, 6.07) is -1.54. The zero-order valence-corrected chi connectivity index (χ0v) is 18.6. The van der Waals surface area contributed by atoms with E-state index in [0.717, 1.165) is 0 Å². The molecule has 0 aromatic carbocycles. The van der Waals surface area contributed by atoms with E-state index in [9.17, 15) is 27.6 Å². The molecular formula is C18H30N4O8S. The van der Waals surface area contributed by atoms with E-state index in [4.69, 9.17) is 0 Å². The molecule has 2 N–H and O–H groups in total. The Morgan fingerprint density at radius 2 is 1.26 bits per heavy atom. The fraction of sp³-hybridized carbons (Fsp3) is 0.778. The van der Waals surface area contributed by atoms with Crippen LogP contribution in [0.5, 0.6) is 0 Å². The summed E-state index contributed by atoms with van der Waals surface area (Å²) in [6.07, 6.45) is -0.305. The molecule has 0 aromatic rings. The molecule has 2 rings (SSSR count). The molecule has 0 saturated carbocycles. The van der Waals surface area contributed by atoms with Crippen LogP contribution in [0.3, 0.4) is 0 Å². The number of hydrogen-bond donors (Lipinski definition) is 2. The fourth-order valence-corrected chi connectivity index (χ4v) is 4.83. The highest BCUT2D eigenvalue weighted by molar-refractivity contribution is 7.91. The average molecular weight is 463 g/mol. The van der Waals surface area contributed by atoms with E-state index in [1.807, 2.05) is 0 Å². The maximum atomic E-state index is 12.6. The van der Waals surface area contributed by atoms with E-state index in [1.165, 1.54) is 14.2 Å². The van der Waals surface area contributed by atoms with Crippen molar-refractivity contribution in [1.82, 2.24) is 20.4 Å². The summed E-state index contributed by atoms with van der Waals surface area (Å²) in [5, 5.41) is 5.33. The highest BCUT2D eigenvalue weighted by atomic mass is 32.2. The molecule has 2 heterocycles. The summed E-state index contributed by atoms with van der Waals surface area (Å²) in [6.45, 7) is 1.79. The number of piperazine rings is 2. The van der Waals surface area contributed by atoms with E-state index in [2.05, 4.69) is 20.1 Å². The van der Waals surface area contributed by atoms with Crippen molar-refractivity contribution in [2.75, 3.05) is 65.0 Å². The van der Waals surface area contributed by atoms with Crippen molar-refractivity contribution >= 4 is 33.6 Å². The van der Waals surface area contributed by atoms with Gasteiger partial charge in [0, 0.05) is 39.3 Å². The van der Waals surface area contributed by atoms with Gasteiger partial charge in [0.1, 0.15) is 0 Å².